The lowest BCUT2D eigenvalue weighted by Gasteiger charge is -2.26. The highest BCUT2D eigenvalue weighted by atomic mass is 32.2. The van der Waals surface area contributed by atoms with Gasteiger partial charge in [0.25, 0.3) is 0 Å². The normalized spacial score (nSPS) is 20.0. The molecule has 3 rings (SSSR count). The summed E-state index contributed by atoms with van der Waals surface area (Å²) in [7, 11) is -3.55. The number of aliphatic carboxylic acids is 1. The highest BCUT2D eigenvalue weighted by Crippen LogP contribution is 2.46. The highest BCUT2D eigenvalue weighted by Gasteiger charge is 2.56. The number of carbonyl (C=O) groups excluding carboxylic acids is 1. The molecule has 0 bridgehead atoms. The van der Waals surface area contributed by atoms with Crippen molar-refractivity contribution in [1.29, 1.82) is 0 Å². The van der Waals surface area contributed by atoms with E-state index in [2.05, 4.69) is 5.32 Å². The Bertz CT molecular complexity index is 764. The monoisotopic (exact) mass is 368 g/mol. The van der Waals surface area contributed by atoms with Crippen molar-refractivity contribution in [1.82, 2.24) is 9.62 Å². The fourth-order valence-electron chi connectivity index (χ4n) is 2.73. The maximum atomic E-state index is 12.5. The first-order valence-electron chi connectivity index (χ1n) is 8.05. The quantitative estimate of drug-likeness (QED) is 0.693. The first-order valence-corrected chi connectivity index (χ1v) is 9.49. The van der Waals surface area contributed by atoms with Gasteiger partial charge in [-0.05, 0) is 30.5 Å². The molecule has 9 heteroatoms. The van der Waals surface area contributed by atoms with Gasteiger partial charge in [-0.2, -0.15) is 4.31 Å². The zero-order valence-electron chi connectivity index (χ0n) is 13.6. The summed E-state index contributed by atoms with van der Waals surface area (Å²) in [4.78, 5) is 23.3. The number of carboxylic acid groups (broad SMARTS) is 1. The van der Waals surface area contributed by atoms with Crippen molar-refractivity contribution >= 4 is 21.9 Å². The average Bonchev–Trinajstić information content (AvgIpc) is 3.43. The van der Waals surface area contributed by atoms with E-state index in [1.165, 1.54) is 16.4 Å². The molecule has 1 aliphatic carbocycles. The molecule has 1 aromatic rings. The van der Waals surface area contributed by atoms with Crippen LogP contribution < -0.4 is 5.32 Å². The molecular weight excluding hydrogens is 348 g/mol. The van der Waals surface area contributed by atoms with Crippen molar-refractivity contribution in [2.24, 2.45) is 5.41 Å². The molecule has 2 aliphatic rings. The topological polar surface area (TPSA) is 113 Å². The lowest BCUT2D eigenvalue weighted by molar-refractivity contribution is -0.149. The molecule has 25 heavy (non-hydrogen) atoms. The predicted octanol–water partition coefficient (Wildman–Crippen LogP) is 0.189. The summed E-state index contributed by atoms with van der Waals surface area (Å²) >= 11 is 0. The molecule has 0 atom stereocenters. The summed E-state index contributed by atoms with van der Waals surface area (Å²) in [6.45, 7) is 1.59. The number of nitrogens with one attached hydrogen (secondary N) is 1. The van der Waals surface area contributed by atoms with Crippen molar-refractivity contribution in [3.05, 3.63) is 29.8 Å². The molecule has 1 saturated heterocycles. The van der Waals surface area contributed by atoms with E-state index >= 15 is 0 Å². The van der Waals surface area contributed by atoms with Crippen LogP contribution in [-0.4, -0.2) is 56.0 Å². The Labute approximate surface area is 145 Å². The summed E-state index contributed by atoms with van der Waals surface area (Å²) in [5.41, 5.74) is -0.574. The number of amides is 1. The van der Waals surface area contributed by atoms with Crippen LogP contribution in [0.25, 0.3) is 0 Å². The number of nitrogens with zero attached hydrogens (tertiary/aromatic N) is 1. The number of carbonyl (C=O) groups is 2. The smallest absolute Gasteiger partial charge is 0.319 e. The van der Waals surface area contributed by atoms with Gasteiger partial charge in [-0.3, -0.25) is 9.59 Å². The third-order valence-corrected chi connectivity index (χ3v) is 6.49. The maximum absolute atomic E-state index is 12.5. The zero-order valence-corrected chi connectivity index (χ0v) is 14.4. The molecule has 0 aromatic heterocycles. The van der Waals surface area contributed by atoms with Crippen molar-refractivity contribution in [3.63, 3.8) is 0 Å². The molecule has 2 N–H and O–H groups in total. The average molecular weight is 368 g/mol. The standard InChI is InChI=1S/C16H20N2O6S/c19-14(16(5-6-16)15(20)21)17-11-12-1-3-13(4-2-12)25(22,23)18-7-9-24-10-8-18/h1-4H,5-11H2,(H,17,19)(H,20,21). The van der Waals surface area contributed by atoms with Gasteiger partial charge < -0.3 is 15.2 Å². The van der Waals surface area contributed by atoms with Crippen molar-refractivity contribution in [2.75, 3.05) is 26.3 Å². The molecule has 1 saturated carbocycles. The molecule has 0 spiro atoms. The highest BCUT2D eigenvalue weighted by molar-refractivity contribution is 7.89. The van der Waals surface area contributed by atoms with Crippen LogP contribution in [0.2, 0.25) is 0 Å². The summed E-state index contributed by atoms with van der Waals surface area (Å²) in [6, 6.07) is 6.23. The van der Waals surface area contributed by atoms with Crippen LogP contribution in [0.1, 0.15) is 18.4 Å². The van der Waals surface area contributed by atoms with Crippen LogP contribution in [0.5, 0.6) is 0 Å². The number of sulfonamides is 1. The number of rotatable bonds is 6. The first-order chi connectivity index (χ1) is 11.9. The van der Waals surface area contributed by atoms with Gasteiger partial charge in [0, 0.05) is 19.6 Å². The van der Waals surface area contributed by atoms with Crippen LogP contribution >= 0.6 is 0 Å². The van der Waals surface area contributed by atoms with E-state index in [0.29, 0.717) is 44.7 Å². The Balaban J connectivity index is 1.62. The lowest BCUT2D eigenvalue weighted by atomic mass is 10.1. The second-order valence-electron chi connectivity index (χ2n) is 6.23. The Morgan fingerprint density at radius 2 is 1.76 bits per heavy atom. The fourth-order valence-corrected chi connectivity index (χ4v) is 4.14. The summed E-state index contributed by atoms with van der Waals surface area (Å²) < 4.78 is 31.6. The molecule has 1 amide bonds. The van der Waals surface area contributed by atoms with E-state index in [-0.39, 0.29) is 11.4 Å². The Morgan fingerprint density at radius 3 is 2.28 bits per heavy atom. The summed E-state index contributed by atoms with van der Waals surface area (Å²) in [6.07, 6.45) is 0.704. The van der Waals surface area contributed by atoms with Gasteiger partial charge >= 0.3 is 5.97 Å². The van der Waals surface area contributed by atoms with E-state index in [4.69, 9.17) is 9.84 Å². The van der Waals surface area contributed by atoms with Gasteiger partial charge in [0.15, 0.2) is 0 Å². The van der Waals surface area contributed by atoms with Crippen molar-refractivity contribution in [2.45, 2.75) is 24.3 Å². The molecule has 1 aliphatic heterocycles. The van der Waals surface area contributed by atoms with Crippen LogP contribution in [-0.2, 0) is 30.9 Å². The Hall–Kier alpha value is -1.97. The van der Waals surface area contributed by atoms with Gasteiger partial charge in [-0.15, -0.1) is 0 Å². The summed E-state index contributed by atoms with van der Waals surface area (Å²) in [5, 5.41) is 11.7. The van der Waals surface area contributed by atoms with Crippen LogP contribution in [0.3, 0.4) is 0 Å². The maximum Gasteiger partial charge on any atom is 0.319 e. The molecule has 1 heterocycles. The minimum atomic E-state index is -3.55. The van der Waals surface area contributed by atoms with Crippen molar-refractivity contribution < 1.29 is 27.9 Å². The molecule has 0 radical (unpaired) electrons. The second kappa shape index (κ2) is 6.74. The number of morpholine rings is 1. The van der Waals surface area contributed by atoms with E-state index in [9.17, 15) is 18.0 Å². The predicted molar refractivity (Wildman–Crippen MR) is 87.2 cm³/mol. The van der Waals surface area contributed by atoms with Gasteiger partial charge in [-0.1, -0.05) is 12.1 Å². The fraction of sp³-hybridized carbons (Fsp3) is 0.500. The number of ether oxygens (including phenoxy) is 1. The van der Waals surface area contributed by atoms with E-state index in [0.717, 1.165) is 0 Å². The molecule has 136 valence electrons. The van der Waals surface area contributed by atoms with E-state index < -0.39 is 27.3 Å². The van der Waals surface area contributed by atoms with Gasteiger partial charge in [0.1, 0.15) is 5.41 Å². The molecular formula is C16H20N2O6S. The van der Waals surface area contributed by atoms with Gasteiger partial charge in [-0.25, -0.2) is 8.42 Å². The van der Waals surface area contributed by atoms with Crippen LogP contribution in [0, 0.1) is 5.41 Å². The Kier molecular flexibility index (Phi) is 4.81. The number of benzene rings is 1. The zero-order chi connectivity index (χ0) is 18.1. The number of hydrogen-bond donors (Lipinski definition) is 2. The van der Waals surface area contributed by atoms with E-state index in [1.54, 1.807) is 12.1 Å². The molecule has 0 unspecified atom stereocenters. The van der Waals surface area contributed by atoms with Gasteiger partial charge in [0.05, 0.1) is 18.1 Å². The van der Waals surface area contributed by atoms with Crippen LogP contribution in [0.4, 0.5) is 0 Å². The summed E-state index contributed by atoms with van der Waals surface area (Å²) in [5.74, 6) is -1.60. The second-order valence-corrected chi connectivity index (χ2v) is 8.17. The minimum absolute atomic E-state index is 0.158. The largest absolute Gasteiger partial charge is 0.480 e. The number of hydrogen-bond acceptors (Lipinski definition) is 5. The minimum Gasteiger partial charge on any atom is -0.480 e. The lowest BCUT2D eigenvalue weighted by Crippen LogP contribution is -2.40. The third kappa shape index (κ3) is 3.53. The van der Waals surface area contributed by atoms with Crippen LogP contribution in [0.15, 0.2) is 29.2 Å². The van der Waals surface area contributed by atoms with Gasteiger partial charge in [0.2, 0.25) is 15.9 Å². The Morgan fingerprint density at radius 1 is 1.16 bits per heavy atom. The molecule has 2 fully saturated rings. The van der Waals surface area contributed by atoms with E-state index in [1.807, 2.05) is 0 Å². The SMILES string of the molecule is O=C(O)C1(C(=O)NCc2ccc(S(=O)(=O)N3CCOCC3)cc2)CC1. The molecule has 8 nitrogen and oxygen atoms in total. The molecule has 1 aromatic carbocycles. The van der Waals surface area contributed by atoms with Crippen molar-refractivity contribution in [3.8, 4) is 0 Å². The third-order valence-electron chi connectivity index (χ3n) is 4.58. The number of carboxylic acids is 1. The first kappa shape index (κ1) is 17.8.